The number of halogens is 1. The standard InChI is InChI=1S/C35H67NO6.C29H56O5.C6H13NO2.ClH/c1-36(2)27-21-24-33(37)42-32(22-13-9-5-3-7-11-17-28-38-34-25-15-19-30-40-34)23-14-10-6-4-8-12-18-29-39-35-26-16-20-31-41-35;30-27(19-11-7-3-1-5-9-15-23-31-28-21-13-17-25-33-28)20-12-8-4-2-6-10-16-24-32-29-22-14-18-26-34-29;1-7(2)5-3-4-6(8)9;/h32,34-35H,3-31H2,1-2H3;27-30H,1-26H2;3-5H2,1-2H3,(H,8,9);1H. The maximum Gasteiger partial charge on any atom is 0.306 e. The predicted molar refractivity (Wildman–Crippen MR) is 352 cm³/mol. The smallest absolute Gasteiger partial charge is 0.306 e. The molecule has 0 bridgehead atoms. The molecule has 4 unspecified atom stereocenters. The molecule has 0 aliphatic carbocycles. The van der Waals surface area contributed by atoms with E-state index in [9.17, 15) is 14.7 Å². The van der Waals surface area contributed by atoms with Crippen molar-refractivity contribution in [2.24, 2.45) is 0 Å². The van der Waals surface area contributed by atoms with Gasteiger partial charge in [0.05, 0.1) is 6.10 Å². The van der Waals surface area contributed by atoms with Gasteiger partial charge in [-0.05, 0) is 195 Å². The third-order valence-corrected chi connectivity index (χ3v) is 16.8. The van der Waals surface area contributed by atoms with Crippen LogP contribution in [0.3, 0.4) is 0 Å². The second-order valence-electron chi connectivity index (χ2n) is 25.7. The Bertz CT molecular complexity index is 1340. The van der Waals surface area contributed by atoms with E-state index in [-0.39, 0.29) is 62.2 Å². The summed E-state index contributed by atoms with van der Waals surface area (Å²) >= 11 is 0. The maximum absolute atomic E-state index is 12.5. The van der Waals surface area contributed by atoms with E-state index in [4.69, 9.17) is 47.7 Å². The van der Waals surface area contributed by atoms with E-state index in [1.807, 2.05) is 19.0 Å². The lowest BCUT2D eigenvalue weighted by Gasteiger charge is -2.22. The first-order valence-electron chi connectivity index (χ1n) is 35.9. The number of ether oxygens (including phenoxy) is 9. The van der Waals surface area contributed by atoms with Gasteiger partial charge in [-0.2, -0.15) is 0 Å². The number of unbranched alkanes of at least 4 members (excludes halogenated alkanes) is 24. The molecule has 0 aromatic heterocycles. The summed E-state index contributed by atoms with van der Waals surface area (Å²) in [4.78, 5) is 26.5. The van der Waals surface area contributed by atoms with Crippen LogP contribution in [0.2, 0.25) is 0 Å². The summed E-state index contributed by atoms with van der Waals surface area (Å²) in [6.07, 6.45) is 55.3. The summed E-state index contributed by atoms with van der Waals surface area (Å²) in [5.74, 6) is -0.722. The van der Waals surface area contributed by atoms with Crippen LogP contribution in [0.5, 0.6) is 0 Å². The van der Waals surface area contributed by atoms with E-state index in [0.717, 1.165) is 169 Å². The van der Waals surface area contributed by atoms with Crippen molar-refractivity contribution in [2.45, 2.75) is 346 Å². The second kappa shape index (κ2) is 62.6. The molecule has 0 aromatic rings. The lowest BCUT2D eigenvalue weighted by molar-refractivity contribution is -0.163. The fourth-order valence-corrected chi connectivity index (χ4v) is 11.4. The molecule has 0 amide bonds. The Morgan fingerprint density at radius 3 is 0.919 bits per heavy atom. The zero-order chi connectivity index (χ0) is 61.1. The van der Waals surface area contributed by atoms with E-state index in [1.165, 1.54) is 193 Å². The third kappa shape index (κ3) is 56.7. The number of aliphatic carboxylic acids is 1. The highest BCUT2D eigenvalue weighted by molar-refractivity contribution is 5.85. The summed E-state index contributed by atoms with van der Waals surface area (Å²) in [6.45, 7) is 8.59. The minimum Gasteiger partial charge on any atom is -0.481 e. The number of carbonyl (C=O) groups is 2. The molecule has 0 radical (unpaired) electrons. The van der Waals surface area contributed by atoms with E-state index in [2.05, 4.69) is 19.0 Å². The van der Waals surface area contributed by atoms with Crippen molar-refractivity contribution >= 4 is 24.3 Å². The number of carboxylic acid groups (broad SMARTS) is 1. The highest BCUT2D eigenvalue weighted by atomic mass is 35.5. The van der Waals surface area contributed by atoms with E-state index < -0.39 is 5.97 Å². The quantitative estimate of drug-likeness (QED) is 0.0436. The maximum atomic E-state index is 12.5. The Morgan fingerprint density at radius 1 is 0.384 bits per heavy atom. The largest absolute Gasteiger partial charge is 0.481 e. The highest BCUT2D eigenvalue weighted by Gasteiger charge is 2.18. The highest BCUT2D eigenvalue weighted by Crippen LogP contribution is 2.22. The van der Waals surface area contributed by atoms with Gasteiger partial charge < -0.3 is 62.6 Å². The number of carbonyl (C=O) groups excluding carboxylic acids is 1. The Labute approximate surface area is 534 Å². The molecule has 86 heavy (non-hydrogen) atoms. The van der Waals surface area contributed by atoms with Gasteiger partial charge in [0.2, 0.25) is 0 Å². The topological polar surface area (TPSA) is 164 Å². The van der Waals surface area contributed by atoms with Gasteiger partial charge in [0.15, 0.2) is 25.2 Å². The van der Waals surface area contributed by atoms with E-state index in [0.29, 0.717) is 6.42 Å². The van der Waals surface area contributed by atoms with Crippen LogP contribution in [0.15, 0.2) is 0 Å². The first-order valence-corrected chi connectivity index (χ1v) is 35.9. The van der Waals surface area contributed by atoms with Gasteiger partial charge in [-0.1, -0.05) is 141 Å². The van der Waals surface area contributed by atoms with E-state index >= 15 is 0 Å². The lowest BCUT2D eigenvalue weighted by atomic mass is 10.0. The number of aliphatic hydroxyl groups is 1. The van der Waals surface area contributed by atoms with Crippen LogP contribution in [0.1, 0.15) is 308 Å². The summed E-state index contributed by atoms with van der Waals surface area (Å²) in [5.41, 5.74) is 0. The molecule has 4 fully saturated rings. The van der Waals surface area contributed by atoms with Crippen LogP contribution in [-0.4, -0.2) is 163 Å². The second-order valence-corrected chi connectivity index (χ2v) is 25.7. The molecule has 512 valence electrons. The molecule has 4 aliphatic heterocycles. The Kier molecular flexibility index (Phi) is 60.3. The number of nitrogens with zero attached hydrogens (tertiary/aromatic N) is 2. The van der Waals surface area contributed by atoms with Crippen LogP contribution < -0.4 is 0 Å². The summed E-state index contributed by atoms with van der Waals surface area (Å²) in [6, 6.07) is 0. The molecule has 4 rings (SSSR count). The van der Waals surface area contributed by atoms with Gasteiger partial charge in [-0.3, -0.25) is 9.59 Å². The zero-order valence-corrected chi connectivity index (χ0v) is 57.0. The minimum absolute atomic E-state index is 0. The van der Waals surface area contributed by atoms with Crippen LogP contribution in [0, 0.1) is 0 Å². The SMILES string of the molecule is CN(C)CCCC(=O)O.CN(C)CCCC(=O)OC(CCCCCCCCCOC1CCCCO1)CCCCCCCCCOC1CCCCO1.Cl.OC(CCCCCCCCCOC1CCCCO1)CCCCCCCCCOC1CCCCO1. The number of hydrogen-bond acceptors (Lipinski definition) is 14. The van der Waals surface area contributed by atoms with Crippen molar-refractivity contribution in [3.8, 4) is 0 Å². The Balaban J connectivity index is 0.000000754. The van der Waals surface area contributed by atoms with Crippen LogP contribution in [0.4, 0.5) is 0 Å². The average molecular weight is 1250 g/mol. The molecular formula is C70H137ClN2O13. The third-order valence-electron chi connectivity index (χ3n) is 16.8. The van der Waals surface area contributed by atoms with Crippen LogP contribution >= 0.6 is 12.4 Å². The first kappa shape index (κ1) is 82.8. The molecule has 0 spiro atoms. The average Bonchev–Trinajstić information content (AvgIpc) is 3.55. The Morgan fingerprint density at radius 2 is 0.651 bits per heavy atom. The van der Waals surface area contributed by atoms with Gasteiger partial charge in [0, 0.05) is 65.7 Å². The monoisotopic (exact) mass is 1250 g/mol. The molecule has 2 N–H and O–H groups in total. The Hall–Kier alpha value is -1.21. The number of hydrogen-bond donors (Lipinski definition) is 2. The van der Waals surface area contributed by atoms with Crippen LogP contribution in [-0.2, 0) is 52.2 Å². The molecule has 15 nitrogen and oxygen atoms in total. The first-order chi connectivity index (χ1) is 41.6. The van der Waals surface area contributed by atoms with Gasteiger partial charge >= 0.3 is 11.9 Å². The number of rotatable bonds is 53. The van der Waals surface area contributed by atoms with Crippen molar-refractivity contribution in [3.63, 3.8) is 0 Å². The summed E-state index contributed by atoms with van der Waals surface area (Å²) in [5, 5.41) is 18.4. The van der Waals surface area contributed by atoms with Gasteiger partial charge in [-0.25, -0.2) is 0 Å². The molecule has 0 saturated carbocycles. The van der Waals surface area contributed by atoms with E-state index in [1.54, 1.807) is 0 Å². The molecule has 0 aromatic carbocycles. The van der Waals surface area contributed by atoms with Gasteiger partial charge in [-0.15, -0.1) is 12.4 Å². The fourth-order valence-electron chi connectivity index (χ4n) is 11.4. The predicted octanol–water partition coefficient (Wildman–Crippen LogP) is 17.1. The molecule has 4 atom stereocenters. The van der Waals surface area contributed by atoms with Gasteiger partial charge in [0.25, 0.3) is 0 Å². The van der Waals surface area contributed by atoms with Crippen molar-refractivity contribution in [3.05, 3.63) is 0 Å². The fraction of sp³-hybridized carbons (Fsp3) is 0.971. The summed E-state index contributed by atoms with van der Waals surface area (Å²) < 4.78 is 51.7. The van der Waals surface area contributed by atoms with Gasteiger partial charge in [0.1, 0.15) is 6.10 Å². The minimum atomic E-state index is -0.711. The van der Waals surface area contributed by atoms with Crippen molar-refractivity contribution in [1.29, 1.82) is 0 Å². The van der Waals surface area contributed by atoms with Crippen molar-refractivity contribution < 1.29 is 62.4 Å². The van der Waals surface area contributed by atoms with Crippen LogP contribution in [0.25, 0.3) is 0 Å². The van der Waals surface area contributed by atoms with Crippen molar-refractivity contribution in [1.82, 2.24) is 9.80 Å². The number of esters is 1. The molecule has 4 heterocycles. The molecular weight excluding hydrogens is 1110 g/mol. The molecule has 4 aliphatic rings. The molecule has 4 saturated heterocycles. The summed E-state index contributed by atoms with van der Waals surface area (Å²) in [7, 11) is 7.97. The number of carboxylic acids is 1. The number of aliphatic hydroxyl groups excluding tert-OH is 1. The zero-order valence-electron chi connectivity index (χ0n) is 56.2. The van der Waals surface area contributed by atoms with Crippen molar-refractivity contribution in [2.75, 3.05) is 94.1 Å². The molecule has 16 heteroatoms. The normalized spacial score (nSPS) is 19.7. The lowest BCUT2D eigenvalue weighted by Crippen LogP contribution is -2.22.